The summed E-state index contributed by atoms with van der Waals surface area (Å²) >= 11 is 0. The Kier molecular flexibility index (Phi) is 5.64. The maximum atomic E-state index is 14.5. The van der Waals surface area contributed by atoms with Crippen LogP contribution in [-0.2, 0) is 7.05 Å². The van der Waals surface area contributed by atoms with Gasteiger partial charge in [-0.2, -0.15) is 9.49 Å². The average molecular weight is 366 g/mol. The molecule has 2 heterocycles. The van der Waals surface area contributed by atoms with Crippen LogP contribution in [0.1, 0.15) is 48.7 Å². The number of aromatic nitrogens is 3. The summed E-state index contributed by atoms with van der Waals surface area (Å²) in [5, 5.41) is 7.07. The van der Waals surface area contributed by atoms with Gasteiger partial charge in [-0.3, -0.25) is 9.48 Å². The maximum Gasteiger partial charge on any atom is 0.256 e. The Morgan fingerprint density at radius 1 is 1.15 bits per heavy atom. The molecular weight excluding hydrogens is 343 g/mol. The standard InChI is InChI=1S/C19H17FN4O.C2H6/c1-24-16(11-15(23-24)12-7-8-12)14-9-10-17(21-18(14)20)22-19(25)13-5-3-2-4-6-13;1-2/h2-6,9-12H,7-8H2,1H3,(H,21,22,25);1-2H3. The number of pyridine rings is 1. The minimum atomic E-state index is -0.629. The van der Waals surface area contributed by atoms with Crippen molar-refractivity contribution in [2.24, 2.45) is 7.05 Å². The van der Waals surface area contributed by atoms with E-state index in [4.69, 9.17) is 0 Å². The Hall–Kier alpha value is -3.02. The normalized spacial score (nSPS) is 12.9. The van der Waals surface area contributed by atoms with E-state index < -0.39 is 5.95 Å². The van der Waals surface area contributed by atoms with E-state index in [1.54, 1.807) is 48.1 Å². The number of hydrogen-bond donors (Lipinski definition) is 1. The van der Waals surface area contributed by atoms with Gasteiger partial charge in [-0.25, -0.2) is 4.98 Å². The van der Waals surface area contributed by atoms with Gasteiger partial charge in [0.1, 0.15) is 5.82 Å². The summed E-state index contributed by atoms with van der Waals surface area (Å²) in [5.74, 6) is -0.270. The Morgan fingerprint density at radius 2 is 1.85 bits per heavy atom. The SMILES string of the molecule is CC.Cn1nc(C2CC2)cc1-c1ccc(NC(=O)c2ccccc2)nc1F. The molecule has 4 rings (SSSR count). The molecule has 1 fully saturated rings. The van der Waals surface area contributed by atoms with E-state index in [1.807, 2.05) is 26.0 Å². The molecule has 1 aliphatic rings. The number of nitrogens with one attached hydrogen (secondary N) is 1. The van der Waals surface area contributed by atoms with Crippen molar-refractivity contribution in [3.63, 3.8) is 0 Å². The number of carbonyl (C=O) groups excluding carboxylic acids is 1. The summed E-state index contributed by atoms with van der Waals surface area (Å²) in [6, 6.07) is 13.9. The fourth-order valence-electron chi connectivity index (χ4n) is 2.79. The molecule has 6 heteroatoms. The second kappa shape index (κ2) is 8.12. The van der Waals surface area contributed by atoms with Crippen LogP contribution in [0.2, 0.25) is 0 Å². The molecular formula is C21H23FN4O. The second-order valence-electron chi connectivity index (χ2n) is 6.21. The minimum Gasteiger partial charge on any atom is -0.306 e. The van der Waals surface area contributed by atoms with E-state index in [-0.39, 0.29) is 11.7 Å². The third kappa shape index (κ3) is 4.22. The minimum absolute atomic E-state index is 0.180. The number of carbonyl (C=O) groups is 1. The molecule has 1 aromatic carbocycles. The van der Waals surface area contributed by atoms with Crippen LogP contribution in [0.4, 0.5) is 10.2 Å². The van der Waals surface area contributed by atoms with Crippen LogP contribution in [0.5, 0.6) is 0 Å². The average Bonchev–Trinajstić information content (AvgIpc) is 3.47. The quantitative estimate of drug-likeness (QED) is 0.676. The zero-order valence-electron chi connectivity index (χ0n) is 15.7. The van der Waals surface area contributed by atoms with Gasteiger partial charge in [0.2, 0.25) is 5.95 Å². The predicted octanol–water partition coefficient (Wildman–Crippen LogP) is 4.78. The first kappa shape index (κ1) is 18.8. The maximum absolute atomic E-state index is 14.5. The zero-order valence-corrected chi connectivity index (χ0v) is 15.7. The van der Waals surface area contributed by atoms with Gasteiger partial charge in [0.25, 0.3) is 5.91 Å². The molecule has 0 aliphatic heterocycles. The van der Waals surface area contributed by atoms with Crippen molar-refractivity contribution in [2.75, 3.05) is 5.32 Å². The molecule has 0 bridgehead atoms. The lowest BCUT2D eigenvalue weighted by Crippen LogP contribution is -2.13. The smallest absolute Gasteiger partial charge is 0.256 e. The van der Waals surface area contributed by atoms with Gasteiger partial charge < -0.3 is 5.32 Å². The van der Waals surface area contributed by atoms with Crippen LogP contribution >= 0.6 is 0 Å². The van der Waals surface area contributed by atoms with Crippen molar-refractivity contribution in [1.82, 2.24) is 14.8 Å². The van der Waals surface area contributed by atoms with Gasteiger partial charge in [-0.1, -0.05) is 32.0 Å². The van der Waals surface area contributed by atoms with Crippen LogP contribution in [0.3, 0.4) is 0 Å². The summed E-state index contributed by atoms with van der Waals surface area (Å²) in [7, 11) is 1.80. The number of aryl methyl sites for hydroxylation is 1. The summed E-state index contributed by atoms with van der Waals surface area (Å²) in [4.78, 5) is 16.0. The van der Waals surface area contributed by atoms with E-state index in [0.717, 1.165) is 18.5 Å². The van der Waals surface area contributed by atoms with E-state index in [1.165, 1.54) is 0 Å². The lowest BCUT2D eigenvalue weighted by atomic mass is 10.1. The fourth-order valence-corrected chi connectivity index (χ4v) is 2.79. The molecule has 1 saturated carbocycles. The molecule has 1 aliphatic carbocycles. The first-order chi connectivity index (χ1) is 13.1. The lowest BCUT2D eigenvalue weighted by molar-refractivity contribution is 0.102. The largest absolute Gasteiger partial charge is 0.306 e. The molecule has 3 aromatic rings. The highest BCUT2D eigenvalue weighted by Gasteiger charge is 2.27. The molecule has 0 unspecified atom stereocenters. The van der Waals surface area contributed by atoms with Gasteiger partial charge >= 0.3 is 0 Å². The second-order valence-corrected chi connectivity index (χ2v) is 6.21. The Bertz CT molecular complexity index is 933. The van der Waals surface area contributed by atoms with Crippen molar-refractivity contribution < 1.29 is 9.18 Å². The number of benzene rings is 1. The number of nitrogens with zero attached hydrogens (tertiary/aromatic N) is 3. The van der Waals surface area contributed by atoms with Crippen molar-refractivity contribution in [1.29, 1.82) is 0 Å². The molecule has 1 amide bonds. The first-order valence-corrected chi connectivity index (χ1v) is 9.19. The van der Waals surface area contributed by atoms with Crippen molar-refractivity contribution in [3.05, 3.63) is 65.7 Å². The van der Waals surface area contributed by atoms with Gasteiger partial charge in [-0.05, 0) is 43.2 Å². The van der Waals surface area contributed by atoms with Crippen molar-refractivity contribution >= 4 is 11.7 Å². The topological polar surface area (TPSA) is 59.8 Å². The molecule has 0 atom stereocenters. The monoisotopic (exact) mass is 366 g/mol. The van der Waals surface area contributed by atoms with E-state index >= 15 is 0 Å². The van der Waals surface area contributed by atoms with Gasteiger partial charge in [0.05, 0.1) is 17.0 Å². The number of anilines is 1. The van der Waals surface area contributed by atoms with Crippen molar-refractivity contribution in [2.45, 2.75) is 32.6 Å². The van der Waals surface area contributed by atoms with Crippen LogP contribution in [0, 0.1) is 5.95 Å². The molecule has 5 nitrogen and oxygen atoms in total. The van der Waals surface area contributed by atoms with Gasteiger partial charge in [-0.15, -0.1) is 0 Å². The van der Waals surface area contributed by atoms with Crippen LogP contribution in [-0.4, -0.2) is 20.7 Å². The number of rotatable bonds is 4. The highest BCUT2D eigenvalue weighted by atomic mass is 19.1. The Balaban J connectivity index is 0.00000102. The molecule has 27 heavy (non-hydrogen) atoms. The van der Waals surface area contributed by atoms with Gasteiger partial charge in [0, 0.05) is 18.5 Å². The molecule has 1 N–H and O–H groups in total. The number of amides is 1. The molecule has 140 valence electrons. The molecule has 0 saturated heterocycles. The zero-order chi connectivity index (χ0) is 19.4. The lowest BCUT2D eigenvalue weighted by Gasteiger charge is -2.07. The van der Waals surface area contributed by atoms with Crippen LogP contribution in [0.15, 0.2) is 48.5 Å². The Morgan fingerprint density at radius 3 is 2.48 bits per heavy atom. The summed E-state index contributed by atoms with van der Waals surface area (Å²) < 4.78 is 16.2. The van der Waals surface area contributed by atoms with Crippen molar-refractivity contribution in [3.8, 4) is 11.3 Å². The molecule has 0 radical (unpaired) electrons. The summed E-state index contributed by atoms with van der Waals surface area (Å²) in [6.45, 7) is 4.00. The van der Waals surface area contributed by atoms with E-state index in [9.17, 15) is 9.18 Å². The molecule has 0 spiro atoms. The van der Waals surface area contributed by atoms with Crippen LogP contribution in [0.25, 0.3) is 11.3 Å². The predicted molar refractivity (Wildman–Crippen MR) is 104 cm³/mol. The highest BCUT2D eigenvalue weighted by molar-refractivity contribution is 6.03. The fraction of sp³-hybridized carbons (Fsp3) is 0.286. The van der Waals surface area contributed by atoms with E-state index in [2.05, 4.69) is 15.4 Å². The summed E-state index contributed by atoms with van der Waals surface area (Å²) in [5.41, 5.74) is 2.56. The van der Waals surface area contributed by atoms with Crippen LogP contribution < -0.4 is 5.32 Å². The third-order valence-corrected chi connectivity index (χ3v) is 4.30. The first-order valence-electron chi connectivity index (χ1n) is 9.19. The Labute approximate surface area is 158 Å². The summed E-state index contributed by atoms with van der Waals surface area (Å²) in [6.07, 6.45) is 2.28. The number of halogens is 1. The number of hydrogen-bond acceptors (Lipinski definition) is 3. The van der Waals surface area contributed by atoms with E-state index in [0.29, 0.717) is 22.7 Å². The molecule has 2 aromatic heterocycles. The highest BCUT2D eigenvalue weighted by Crippen LogP contribution is 2.40. The third-order valence-electron chi connectivity index (χ3n) is 4.30. The van der Waals surface area contributed by atoms with Gasteiger partial charge in [0.15, 0.2) is 0 Å².